The molecule has 0 aliphatic rings. The normalized spacial score (nSPS) is 11.2. The molecule has 3 aromatic carbocycles. The van der Waals surface area contributed by atoms with Crippen LogP contribution in [0.4, 0.5) is 0 Å². The average molecular weight is 308 g/mol. The Morgan fingerprint density at radius 2 is 1.74 bits per heavy atom. The van der Waals surface area contributed by atoms with Crippen LogP contribution in [0.15, 0.2) is 42.5 Å². The Hall–Kier alpha value is -2.55. The Kier molecular flexibility index (Phi) is 3.95. The summed E-state index contributed by atoms with van der Waals surface area (Å²) in [6, 6.07) is 14.0. The molecular formula is C20H20O3. The molecular weight excluding hydrogens is 288 g/mol. The Bertz CT molecular complexity index is 894. The Morgan fingerprint density at radius 1 is 0.957 bits per heavy atom. The zero-order chi connectivity index (χ0) is 16.6. The van der Waals surface area contributed by atoms with Gasteiger partial charge in [0.1, 0.15) is 5.75 Å². The van der Waals surface area contributed by atoms with Crippen LogP contribution in [0, 0.1) is 0 Å². The molecule has 0 aliphatic heterocycles. The van der Waals surface area contributed by atoms with Crippen molar-refractivity contribution in [3.8, 4) is 5.75 Å². The van der Waals surface area contributed by atoms with Crippen molar-refractivity contribution in [2.45, 2.75) is 19.8 Å². The molecule has 0 saturated heterocycles. The molecule has 0 N–H and O–H groups in total. The van der Waals surface area contributed by atoms with Gasteiger partial charge in [-0.3, -0.25) is 0 Å². The molecule has 0 fully saturated rings. The molecule has 0 aliphatic carbocycles. The first-order chi connectivity index (χ1) is 11.1. The van der Waals surface area contributed by atoms with E-state index in [1.54, 1.807) is 13.2 Å². The molecule has 3 aromatic rings. The van der Waals surface area contributed by atoms with Crippen LogP contribution in [0.3, 0.4) is 0 Å². The third kappa shape index (κ3) is 2.52. The predicted octanol–water partition coefficient (Wildman–Crippen LogP) is 4.91. The molecule has 0 bridgehead atoms. The van der Waals surface area contributed by atoms with Gasteiger partial charge in [0.05, 0.1) is 19.8 Å². The minimum atomic E-state index is -0.319. The van der Waals surface area contributed by atoms with E-state index in [0.717, 1.165) is 27.3 Å². The molecule has 3 rings (SSSR count). The maximum Gasteiger partial charge on any atom is 0.338 e. The van der Waals surface area contributed by atoms with E-state index in [9.17, 15) is 4.79 Å². The van der Waals surface area contributed by atoms with E-state index in [1.165, 1.54) is 12.7 Å². The highest BCUT2D eigenvalue weighted by Gasteiger charge is 2.14. The summed E-state index contributed by atoms with van der Waals surface area (Å²) in [7, 11) is 3.10. The summed E-state index contributed by atoms with van der Waals surface area (Å²) in [5.41, 5.74) is 1.77. The lowest BCUT2D eigenvalue weighted by atomic mass is 9.93. The van der Waals surface area contributed by atoms with Crippen LogP contribution >= 0.6 is 0 Å². The minimum Gasteiger partial charge on any atom is -0.496 e. The topological polar surface area (TPSA) is 35.5 Å². The number of methoxy groups -OCH3 is 2. The predicted molar refractivity (Wildman–Crippen MR) is 93.4 cm³/mol. The standard InChI is InChI=1S/C20H20O3/c1-12(2)17-10-13-8-9-15-14(18(13)11-19(17)22-3)6-5-7-16(15)20(21)23-4/h5-12H,1-4H3. The summed E-state index contributed by atoms with van der Waals surface area (Å²) >= 11 is 0. The highest BCUT2D eigenvalue weighted by atomic mass is 16.5. The molecule has 0 spiro atoms. The quantitative estimate of drug-likeness (QED) is 0.509. The largest absolute Gasteiger partial charge is 0.496 e. The highest BCUT2D eigenvalue weighted by molar-refractivity contribution is 6.14. The SMILES string of the molecule is COC(=O)c1cccc2c1ccc1cc(C(C)C)c(OC)cc12. The number of hydrogen-bond donors (Lipinski definition) is 0. The van der Waals surface area contributed by atoms with Crippen molar-refractivity contribution in [3.63, 3.8) is 0 Å². The first-order valence-electron chi connectivity index (χ1n) is 7.68. The lowest BCUT2D eigenvalue weighted by Gasteiger charge is -2.15. The smallest absolute Gasteiger partial charge is 0.338 e. The molecule has 3 heteroatoms. The van der Waals surface area contributed by atoms with E-state index in [-0.39, 0.29) is 5.97 Å². The second-order valence-corrected chi connectivity index (χ2v) is 5.93. The van der Waals surface area contributed by atoms with E-state index in [0.29, 0.717) is 11.5 Å². The van der Waals surface area contributed by atoms with Gasteiger partial charge in [-0.1, -0.05) is 38.1 Å². The van der Waals surface area contributed by atoms with E-state index >= 15 is 0 Å². The van der Waals surface area contributed by atoms with Crippen molar-refractivity contribution in [2.24, 2.45) is 0 Å². The first kappa shape index (κ1) is 15.3. The molecule has 0 amide bonds. The molecule has 0 radical (unpaired) electrons. The maximum atomic E-state index is 12.0. The van der Waals surface area contributed by atoms with Gasteiger partial charge in [-0.05, 0) is 51.2 Å². The van der Waals surface area contributed by atoms with Gasteiger partial charge in [0.25, 0.3) is 0 Å². The lowest BCUT2D eigenvalue weighted by Crippen LogP contribution is -2.02. The van der Waals surface area contributed by atoms with Gasteiger partial charge in [0.15, 0.2) is 0 Å². The van der Waals surface area contributed by atoms with Crippen LogP contribution in [0.1, 0.15) is 35.7 Å². The summed E-state index contributed by atoms with van der Waals surface area (Å²) in [6.07, 6.45) is 0. The summed E-state index contributed by atoms with van der Waals surface area (Å²) in [4.78, 5) is 12.0. The van der Waals surface area contributed by atoms with Gasteiger partial charge < -0.3 is 9.47 Å². The highest BCUT2D eigenvalue weighted by Crippen LogP contribution is 2.35. The molecule has 3 nitrogen and oxygen atoms in total. The lowest BCUT2D eigenvalue weighted by molar-refractivity contribution is 0.0603. The van der Waals surface area contributed by atoms with Gasteiger partial charge in [-0.2, -0.15) is 0 Å². The summed E-state index contributed by atoms with van der Waals surface area (Å²) in [5, 5.41) is 4.14. The first-order valence-corrected chi connectivity index (χ1v) is 7.68. The molecule has 23 heavy (non-hydrogen) atoms. The molecule has 0 aromatic heterocycles. The Labute approximate surface area is 135 Å². The fourth-order valence-corrected chi connectivity index (χ4v) is 3.05. The monoisotopic (exact) mass is 308 g/mol. The number of fused-ring (bicyclic) bond motifs is 3. The second kappa shape index (κ2) is 5.92. The second-order valence-electron chi connectivity index (χ2n) is 5.93. The summed E-state index contributed by atoms with van der Waals surface area (Å²) in [6.45, 7) is 4.31. The van der Waals surface area contributed by atoms with Crippen molar-refractivity contribution in [1.82, 2.24) is 0 Å². The molecule has 118 valence electrons. The molecule has 0 saturated carbocycles. The van der Waals surface area contributed by atoms with Crippen LogP contribution in [0.25, 0.3) is 21.5 Å². The third-order valence-electron chi connectivity index (χ3n) is 4.26. The number of carbonyl (C=O) groups excluding carboxylic acids is 1. The number of rotatable bonds is 3. The van der Waals surface area contributed by atoms with Crippen molar-refractivity contribution in [1.29, 1.82) is 0 Å². The van der Waals surface area contributed by atoms with Gasteiger partial charge in [-0.25, -0.2) is 4.79 Å². The Balaban J connectivity index is 2.37. The van der Waals surface area contributed by atoms with Gasteiger partial charge >= 0.3 is 5.97 Å². The molecule has 0 atom stereocenters. The summed E-state index contributed by atoms with van der Waals surface area (Å²) < 4.78 is 10.5. The van der Waals surface area contributed by atoms with Crippen molar-refractivity contribution in [3.05, 3.63) is 53.6 Å². The van der Waals surface area contributed by atoms with Crippen LogP contribution in [-0.4, -0.2) is 20.2 Å². The van der Waals surface area contributed by atoms with E-state index in [1.807, 2.05) is 18.2 Å². The zero-order valence-electron chi connectivity index (χ0n) is 13.8. The fourth-order valence-electron chi connectivity index (χ4n) is 3.05. The summed E-state index contributed by atoms with van der Waals surface area (Å²) in [5.74, 6) is 0.940. The number of hydrogen-bond acceptors (Lipinski definition) is 3. The van der Waals surface area contributed by atoms with Crippen LogP contribution in [0.5, 0.6) is 5.75 Å². The van der Waals surface area contributed by atoms with Crippen LogP contribution in [0.2, 0.25) is 0 Å². The van der Waals surface area contributed by atoms with Crippen LogP contribution in [-0.2, 0) is 4.74 Å². The van der Waals surface area contributed by atoms with Gasteiger partial charge in [-0.15, -0.1) is 0 Å². The number of ether oxygens (including phenoxy) is 2. The van der Waals surface area contributed by atoms with Gasteiger partial charge in [0, 0.05) is 0 Å². The zero-order valence-corrected chi connectivity index (χ0v) is 13.8. The van der Waals surface area contributed by atoms with E-state index in [2.05, 4.69) is 32.0 Å². The van der Waals surface area contributed by atoms with Gasteiger partial charge in [0.2, 0.25) is 0 Å². The Morgan fingerprint density at radius 3 is 2.39 bits per heavy atom. The van der Waals surface area contributed by atoms with E-state index < -0.39 is 0 Å². The van der Waals surface area contributed by atoms with E-state index in [4.69, 9.17) is 9.47 Å². The number of carbonyl (C=O) groups is 1. The van der Waals surface area contributed by atoms with Crippen molar-refractivity contribution >= 4 is 27.5 Å². The fraction of sp³-hybridized carbons (Fsp3) is 0.250. The van der Waals surface area contributed by atoms with Crippen molar-refractivity contribution < 1.29 is 14.3 Å². The average Bonchev–Trinajstić information content (AvgIpc) is 2.58. The number of esters is 1. The maximum absolute atomic E-state index is 12.0. The molecule has 0 unspecified atom stereocenters. The third-order valence-corrected chi connectivity index (χ3v) is 4.26. The van der Waals surface area contributed by atoms with Crippen LogP contribution < -0.4 is 4.74 Å². The molecule has 0 heterocycles. The minimum absolute atomic E-state index is 0.319. The number of benzene rings is 3. The van der Waals surface area contributed by atoms with Crippen molar-refractivity contribution in [2.75, 3.05) is 14.2 Å².